The summed E-state index contributed by atoms with van der Waals surface area (Å²) in [5, 5.41) is 0.559. The van der Waals surface area contributed by atoms with Crippen LogP contribution < -0.4 is 4.74 Å². The number of carbonyl (C=O) groups is 3. The number of amides is 1. The number of ether oxygens (including phenoxy) is 3. The number of H-pyrrole nitrogens is 1. The highest BCUT2D eigenvalue weighted by Gasteiger charge is 2.31. The first-order valence-electron chi connectivity index (χ1n) is 10.3. The number of halogens is 1. The summed E-state index contributed by atoms with van der Waals surface area (Å²) >= 11 is 5.87. The van der Waals surface area contributed by atoms with Crippen LogP contribution in [0.4, 0.5) is 0 Å². The number of benzene rings is 1. The predicted molar refractivity (Wildman–Crippen MR) is 121 cm³/mol. The second-order valence-electron chi connectivity index (χ2n) is 7.21. The summed E-state index contributed by atoms with van der Waals surface area (Å²) in [6.07, 6.45) is 0. The molecule has 1 amide bonds. The summed E-state index contributed by atoms with van der Waals surface area (Å²) in [5.74, 6) is -0.689. The molecule has 1 unspecified atom stereocenters. The molecular weight excluding hydrogens is 436 g/mol. The third-order valence-electron chi connectivity index (χ3n) is 5.04. The normalized spacial score (nSPS) is 11.7. The molecule has 1 aromatic carbocycles. The first kappa shape index (κ1) is 25.4. The van der Waals surface area contributed by atoms with Crippen LogP contribution in [0.25, 0.3) is 0 Å². The zero-order chi connectivity index (χ0) is 23.8. The van der Waals surface area contributed by atoms with Gasteiger partial charge in [-0.25, -0.2) is 4.79 Å². The minimum absolute atomic E-state index is 0.208. The fourth-order valence-corrected chi connectivity index (χ4v) is 3.49. The van der Waals surface area contributed by atoms with Crippen LogP contribution in [0.3, 0.4) is 0 Å². The Kier molecular flexibility index (Phi) is 9.28. The molecule has 1 atom stereocenters. The van der Waals surface area contributed by atoms with Gasteiger partial charge >= 0.3 is 5.97 Å². The number of Topliss-reactive ketones (excluding diaryl/α,β-unsaturated/α-hetero) is 1. The lowest BCUT2D eigenvalue weighted by molar-refractivity contribution is -0.135. The highest BCUT2D eigenvalue weighted by molar-refractivity contribution is 6.30. The van der Waals surface area contributed by atoms with E-state index in [4.69, 9.17) is 25.8 Å². The Labute approximate surface area is 192 Å². The van der Waals surface area contributed by atoms with E-state index >= 15 is 0 Å². The van der Waals surface area contributed by atoms with Crippen molar-refractivity contribution in [2.75, 3.05) is 33.5 Å². The predicted octanol–water partition coefficient (Wildman–Crippen LogP) is 3.59. The van der Waals surface area contributed by atoms with Gasteiger partial charge in [0.15, 0.2) is 12.4 Å². The smallest absolute Gasteiger partial charge is 0.355 e. The minimum Gasteiger partial charge on any atom is -0.484 e. The number of ketones is 1. The van der Waals surface area contributed by atoms with E-state index in [2.05, 4.69) is 4.98 Å². The van der Waals surface area contributed by atoms with Gasteiger partial charge in [-0.15, -0.1) is 0 Å². The van der Waals surface area contributed by atoms with Crippen molar-refractivity contribution in [2.45, 2.75) is 33.7 Å². The summed E-state index contributed by atoms with van der Waals surface area (Å²) in [5.41, 5.74) is 1.64. The third-order valence-corrected chi connectivity index (χ3v) is 5.29. The highest BCUT2D eigenvalue weighted by Crippen LogP contribution is 2.22. The average Bonchev–Trinajstić information content (AvgIpc) is 3.07. The van der Waals surface area contributed by atoms with Gasteiger partial charge in [-0.05, 0) is 57.5 Å². The van der Waals surface area contributed by atoms with Crippen molar-refractivity contribution in [3.63, 3.8) is 0 Å². The number of methoxy groups -OCH3 is 1. The lowest BCUT2D eigenvalue weighted by atomic mass is 10.00. The molecule has 0 fully saturated rings. The molecule has 32 heavy (non-hydrogen) atoms. The molecule has 9 heteroatoms. The molecule has 1 heterocycles. The molecule has 1 N–H and O–H groups in total. The number of aryl methyl sites for hydroxylation is 1. The number of nitrogens with zero attached hydrogens (tertiary/aromatic N) is 1. The van der Waals surface area contributed by atoms with Crippen LogP contribution in [0.2, 0.25) is 5.02 Å². The monoisotopic (exact) mass is 464 g/mol. The standard InChI is InChI=1S/C23H29ClN2O6/c1-6-31-23(29)21-14(2)20(15(3)25-21)22(28)16(4)26(11-12-30-5)19(27)13-32-18-9-7-17(24)8-10-18/h7-10,16,25H,6,11-13H2,1-5H3. The number of hydrogen-bond acceptors (Lipinski definition) is 6. The summed E-state index contributed by atoms with van der Waals surface area (Å²) in [4.78, 5) is 42.8. The SMILES string of the molecule is CCOC(=O)c1[nH]c(C)c(C(=O)C(C)N(CCOC)C(=O)COc2ccc(Cl)cc2)c1C. The zero-order valence-corrected chi connectivity index (χ0v) is 19.7. The van der Waals surface area contributed by atoms with E-state index in [0.29, 0.717) is 27.6 Å². The second-order valence-corrected chi connectivity index (χ2v) is 7.64. The van der Waals surface area contributed by atoms with Crippen LogP contribution in [-0.4, -0.2) is 67.1 Å². The second kappa shape index (κ2) is 11.7. The molecule has 0 bridgehead atoms. The van der Waals surface area contributed by atoms with E-state index in [1.54, 1.807) is 52.0 Å². The van der Waals surface area contributed by atoms with Crippen molar-refractivity contribution in [1.29, 1.82) is 0 Å². The maximum Gasteiger partial charge on any atom is 0.355 e. The summed E-state index contributed by atoms with van der Waals surface area (Å²) in [7, 11) is 1.52. The Morgan fingerprint density at radius 1 is 1.16 bits per heavy atom. The molecule has 0 aliphatic carbocycles. The highest BCUT2D eigenvalue weighted by atomic mass is 35.5. The van der Waals surface area contributed by atoms with Crippen LogP contribution in [0.1, 0.15) is 46.0 Å². The van der Waals surface area contributed by atoms with Gasteiger partial charge in [-0.1, -0.05) is 11.6 Å². The lowest BCUT2D eigenvalue weighted by Crippen LogP contribution is -2.47. The number of hydrogen-bond donors (Lipinski definition) is 1. The Hall–Kier alpha value is -2.84. The van der Waals surface area contributed by atoms with Gasteiger partial charge in [-0.3, -0.25) is 9.59 Å². The van der Waals surface area contributed by atoms with Crippen LogP contribution in [-0.2, 0) is 14.3 Å². The van der Waals surface area contributed by atoms with Crippen LogP contribution >= 0.6 is 11.6 Å². The van der Waals surface area contributed by atoms with Crippen molar-refractivity contribution in [3.8, 4) is 5.75 Å². The molecule has 0 saturated heterocycles. The van der Waals surface area contributed by atoms with Gasteiger partial charge in [-0.2, -0.15) is 0 Å². The Morgan fingerprint density at radius 3 is 2.41 bits per heavy atom. The number of aromatic nitrogens is 1. The Balaban J connectivity index is 2.21. The van der Waals surface area contributed by atoms with Crippen LogP contribution in [0.5, 0.6) is 5.75 Å². The number of aromatic amines is 1. The number of nitrogens with one attached hydrogen (secondary N) is 1. The molecule has 0 radical (unpaired) electrons. The molecular formula is C23H29ClN2O6. The van der Waals surface area contributed by atoms with E-state index in [0.717, 1.165) is 0 Å². The minimum atomic E-state index is -0.797. The first-order chi connectivity index (χ1) is 15.2. The largest absolute Gasteiger partial charge is 0.484 e. The number of esters is 1. The van der Waals surface area contributed by atoms with Gasteiger partial charge < -0.3 is 24.1 Å². The quantitative estimate of drug-likeness (QED) is 0.403. The van der Waals surface area contributed by atoms with Crippen molar-refractivity contribution in [2.24, 2.45) is 0 Å². The van der Waals surface area contributed by atoms with Gasteiger partial charge in [0.2, 0.25) is 0 Å². The van der Waals surface area contributed by atoms with E-state index in [1.165, 1.54) is 12.0 Å². The maximum absolute atomic E-state index is 13.3. The van der Waals surface area contributed by atoms with Crippen molar-refractivity contribution in [1.82, 2.24) is 9.88 Å². The van der Waals surface area contributed by atoms with E-state index in [-0.39, 0.29) is 43.7 Å². The van der Waals surface area contributed by atoms with E-state index in [9.17, 15) is 14.4 Å². The molecule has 0 spiro atoms. The van der Waals surface area contributed by atoms with Gasteiger partial charge in [0.25, 0.3) is 5.91 Å². The van der Waals surface area contributed by atoms with Gasteiger partial charge in [0, 0.05) is 29.9 Å². The van der Waals surface area contributed by atoms with Gasteiger partial charge in [0.1, 0.15) is 11.4 Å². The summed E-state index contributed by atoms with van der Waals surface area (Å²) in [6.45, 7) is 7.19. The summed E-state index contributed by atoms with van der Waals surface area (Å²) < 4.78 is 15.7. The van der Waals surface area contributed by atoms with Gasteiger partial charge in [0.05, 0.1) is 19.3 Å². The number of carbonyl (C=O) groups excluding carboxylic acids is 3. The molecule has 8 nitrogen and oxygen atoms in total. The molecule has 174 valence electrons. The Bertz CT molecular complexity index is 954. The zero-order valence-electron chi connectivity index (χ0n) is 19.0. The average molecular weight is 465 g/mol. The van der Waals surface area contributed by atoms with E-state index in [1.807, 2.05) is 0 Å². The molecule has 0 aliphatic rings. The van der Waals surface area contributed by atoms with Crippen molar-refractivity contribution >= 4 is 29.3 Å². The number of rotatable bonds is 11. The molecule has 2 rings (SSSR count). The molecule has 2 aromatic rings. The summed E-state index contributed by atoms with van der Waals surface area (Å²) in [6, 6.07) is 5.85. The molecule has 1 aromatic heterocycles. The fourth-order valence-electron chi connectivity index (χ4n) is 3.36. The first-order valence-corrected chi connectivity index (χ1v) is 10.7. The Morgan fingerprint density at radius 2 is 1.81 bits per heavy atom. The molecule has 0 aliphatic heterocycles. The van der Waals surface area contributed by atoms with Crippen molar-refractivity contribution in [3.05, 3.63) is 51.8 Å². The van der Waals surface area contributed by atoms with Crippen LogP contribution in [0.15, 0.2) is 24.3 Å². The van der Waals surface area contributed by atoms with E-state index < -0.39 is 12.0 Å². The lowest BCUT2D eigenvalue weighted by Gasteiger charge is -2.28. The fraction of sp³-hybridized carbons (Fsp3) is 0.435. The maximum atomic E-state index is 13.3. The topological polar surface area (TPSA) is 97.9 Å². The third kappa shape index (κ3) is 6.11. The van der Waals surface area contributed by atoms with Crippen LogP contribution in [0, 0.1) is 13.8 Å². The molecule has 0 saturated carbocycles. The van der Waals surface area contributed by atoms with Crippen molar-refractivity contribution < 1.29 is 28.6 Å².